The van der Waals surface area contributed by atoms with Gasteiger partial charge in [0.25, 0.3) is 5.91 Å². The minimum absolute atomic E-state index is 0.114. The predicted octanol–water partition coefficient (Wildman–Crippen LogP) is 2.23. The van der Waals surface area contributed by atoms with Gasteiger partial charge in [0.15, 0.2) is 0 Å². The molecule has 6 heteroatoms. The molecular formula is C22H24N4O2. The van der Waals surface area contributed by atoms with E-state index in [0.717, 1.165) is 36.2 Å². The number of fused-ring (bicyclic) bond motifs is 1. The van der Waals surface area contributed by atoms with Crippen LogP contribution in [0.2, 0.25) is 0 Å². The maximum Gasteiger partial charge on any atom is 0.254 e. The van der Waals surface area contributed by atoms with E-state index < -0.39 is 5.60 Å². The number of aliphatic hydroxyl groups is 1. The molecule has 0 radical (unpaired) electrons. The summed E-state index contributed by atoms with van der Waals surface area (Å²) in [7, 11) is 0. The highest BCUT2D eigenvalue weighted by atomic mass is 16.3. The molecule has 2 aromatic carbocycles. The van der Waals surface area contributed by atoms with Crippen LogP contribution in [0.4, 0.5) is 0 Å². The molecule has 3 aromatic rings. The van der Waals surface area contributed by atoms with E-state index in [0.29, 0.717) is 12.0 Å². The van der Waals surface area contributed by atoms with Crippen LogP contribution < -0.4 is 10.7 Å². The van der Waals surface area contributed by atoms with Gasteiger partial charge in [0, 0.05) is 13.0 Å². The van der Waals surface area contributed by atoms with E-state index in [2.05, 4.69) is 15.8 Å². The molecule has 1 aromatic heterocycles. The summed E-state index contributed by atoms with van der Waals surface area (Å²) in [5, 5.41) is 18.6. The first-order valence-corrected chi connectivity index (χ1v) is 9.56. The number of carbonyl (C=O) groups is 1. The largest absolute Gasteiger partial charge is 0.383 e. The van der Waals surface area contributed by atoms with E-state index in [-0.39, 0.29) is 12.5 Å². The van der Waals surface area contributed by atoms with Crippen LogP contribution in [0.1, 0.15) is 33.6 Å². The van der Waals surface area contributed by atoms with Crippen molar-refractivity contribution in [3.05, 3.63) is 89.2 Å². The minimum Gasteiger partial charge on any atom is -0.383 e. The quantitative estimate of drug-likeness (QED) is 0.616. The Labute approximate surface area is 164 Å². The average Bonchev–Trinajstić information content (AvgIpc) is 3.18. The Bertz CT molecular complexity index is 940. The zero-order valence-corrected chi connectivity index (χ0v) is 15.6. The van der Waals surface area contributed by atoms with Crippen LogP contribution in [0.3, 0.4) is 0 Å². The van der Waals surface area contributed by atoms with Gasteiger partial charge in [-0.1, -0.05) is 60.7 Å². The van der Waals surface area contributed by atoms with Crippen LogP contribution in [0.15, 0.2) is 66.9 Å². The van der Waals surface area contributed by atoms with Crippen molar-refractivity contribution in [1.82, 2.24) is 15.2 Å². The molecule has 1 unspecified atom stereocenters. The monoisotopic (exact) mass is 376 g/mol. The molecule has 1 aliphatic heterocycles. The number of nitrogens with one attached hydrogen (secondary N) is 2. The van der Waals surface area contributed by atoms with Gasteiger partial charge in [-0.25, -0.2) is 0 Å². The first-order chi connectivity index (χ1) is 13.7. The number of carbonyl (C=O) groups excluding carboxylic acids is 1. The number of amides is 1. The first kappa shape index (κ1) is 18.3. The van der Waals surface area contributed by atoms with Gasteiger partial charge in [-0.3, -0.25) is 4.79 Å². The van der Waals surface area contributed by atoms with Gasteiger partial charge < -0.3 is 15.8 Å². The molecule has 0 saturated heterocycles. The molecule has 6 nitrogen and oxygen atoms in total. The summed E-state index contributed by atoms with van der Waals surface area (Å²) in [5.74, 6) is -0.215. The Hall–Kier alpha value is -3.12. The molecule has 0 aliphatic carbocycles. The third kappa shape index (κ3) is 3.77. The molecule has 1 aliphatic rings. The third-order valence-electron chi connectivity index (χ3n) is 5.16. The van der Waals surface area contributed by atoms with Gasteiger partial charge in [0.05, 0.1) is 24.0 Å². The lowest BCUT2D eigenvalue weighted by molar-refractivity contribution is 0.0353. The van der Waals surface area contributed by atoms with Crippen LogP contribution >= 0.6 is 0 Å². The Balaban J connectivity index is 1.54. The Morgan fingerprint density at radius 2 is 1.86 bits per heavy atom. The summed E-state index contributed by atoms with van der Waals surface area (Å²) in [5.41, 5.74) is 5.17. The van der Waals surface area contributed by atoms with Crippen molar-refractivity contribution in [2.45, 2.75) is 24.9 Å². The smallest absolute Gasteiger partial charge is 0.254 e. The molecule has 4 rings (SSSR count). The third-order valence-corrected chi connectivity index (χ3v) is 5.16. The molecule has 144 valence electrons. The minimum atomic E-state index is -1.20. The van der Waals surface area contributed by atoms with Crippen molar-refractivity contribution in [3.8, 4) is 0 Å². The zero-order chi connectivity index (χ0) is 19.4. The predicted molar refractivity (Wildman–Crippen MR) is 108 cm³/mol. The van der Waals surface area contributed by atoms with E-state index in [9.17, 15) is 9.90 Å². The molecule has 2 heterocycles. The standard InChI is InChI=1S/C22H24N4O2/c27-21(19-15-25-26-20(19)12-7-13-24-26)23-16-22(28,18-10-5-2-6-11-18)14-17-8-3-1-4-9-17/h1-6,8-11,15,24,28H,7,12-14,16H2,(H,23,27). The van der Waals surface area contributed by atoms with Crippen LogP contribution in [-0.4, -0.2) is 34.0 Å². The molecule has 1 amide bonds. The normalized spacial score (nSPS) is 15.2. The summed E-state index contributed by atoms with van der Waals surface area (Å²) in [6.45, 7) is 0.962. The highest BCUT2D eigenvalue weighted by Crippen LogP contribution is 2.25. The second-order valence-corrected chi connectivity index (χ2v) is 7.17. The van der Waals surface area contributed by atoms with Crippen molar-refractivity contribution < 1.29 is 9.90 Å². The highest BCUT2D eigenvalue weighted by molar-refractivity contribution is 5.95. The fourth-order valence-corrected chi connectivity index (χ4v) is 3.65. The topological polar surface area (TPSA) is 79.2 Å². The summed E-state index contributed by atoms with van der Waals surface area (Å²) in [6.07, 6.45) is 3.77. The number of hydrogen-bond acceptors (Lipinski definition) is 4. The lowest BCUT2D eigenvalue weighted by Gasteiger charge is -2.29. The van der Waals surface area contributed by atoms with Crippen molar-refractivity contribution in [3.63, 3.8) is 0 Å². The number of rotatable bonds is 6. The van der Waals surface area contributed by atoms with Gasteiger partial charge >= 0.3 is 0 Å². The van der Waals surface area contributed by atoms with E-state index in [4.69, 9.17) is 0 Å². The second-order valence-electron chi connectivity index (χ2n) is 7.17. The van der Waals surface area contributed by atoms with Crippen LogP contribution in [0.25, 0.3) is 0 Å². The Morgan fingerprint density at radius 1 is 1.14 bits per heavy atom. The van der Waals surface area contributed by atoms with Crippen molar-refractivity contribution in [2.24, 2.45) is 0 Å². The van der Waals surface area contributed by atoms with Gasteiger partial charge in [0.2, 0.25) is 0 Å². The maximum atomic E-state index is 12.8. The Morgan fingerprint density at radius 3 is 2.61 bits per heavy atom. The van der Waals surface area contributed by atoms with Gasteiger partial charge in [-0.2, -0.15) is 9.89 Å². The van der Waals surface area contributed by atoms with Crippen molar-refractivity contribution in [2.75, 3.05) is 18.5 Å². The molecule has 0 bridgehead atoms. The summed E-state index contributed by atoms with van der Waals surface area (Å²) in [6, 6.07) is 19.3. The van der Waals surface area contributed by atoms with Crippen molar-refractivity contribution >= 4 is 5.91 Å². The number of hydrogen-bond donors (Lipinski definition) is 3. The molecule has 0 fully saturated rings. The SMILES string of the molecule is O=C(NCC(O)(Cc1ccccc1)c1ccccc1)c1cnn2c1CCCN2. The fourth-order valence-electron chi connectivity index (χ4n) is 3.65. The maximum absolute atomic E-state index is 12.8. The van der Waals surface area contributed by atoms with Crippen LogP contribution in [0.5, 0.6) is 0 Å². The van der Waals surface area contributed by atoms with E-state index in [1.54, 1.807) is 11.0 Å². The number of benzene rings is 2. The highest BCUT2D eigenvalue weighted by Gasteiger charge is 2.31. The van der Waals surface area contributed by atoms with Crippen molar-refractivity contribution in [1.29, 1.82) is 0 Å². The second kappa shape index (κ2) is 7.86. The number of aromatic nitrogens is 2. The summed E-state index contributed by atoms with van der Waals surface area (Å²) >= 11 is 0. The lowest BCUT2D eigenvalue weighted by Crippen LogP contribution is -2.42. The fraction of sp³-hybridized carbons (Fsp3) is 0.273. The summed E-state index contributed by atoms with van der Waals surface area (Å²) in [4.78, 5) is 14.5. The first-order valence-electron chi connectivity index (χ1n) is 9.56. The lowest BCUT2D eigenvalue weighted by atomic mass is 9.87. The Kier molecular flexibility index (Phi) is 5.12. The molecule has 0 spiro atoms. The molecular weight excluding hydrogens is 352 g/mol. The van der Waals surface area contributed by atoms with Gasteiger partial charge in [0.1, 0.15) is 5.60 Å². The number of nitrogens with zero attached hydrogens (tertiary/aromatic N) is 2. The van der Waals surface area contributed by atoms with E-state index in [1.807, 2.05) is 60.7 Å². The van der Waals surface area contributed by atoms with E-state index >= 15 is 0 Å². The van der Waals surface area contributed by atoms with Crippen LogP contribution in [0, 0.1) is 0 Å². The zero-order valence-electron chi connectivity index (χ0n) is 15.6. The molecule has 1 atom stereocenters. The molecule has 28 heavy (non-hydrogen) atoms. The van der Waals surface area contributed by atoms with Gasteiger partial charge in [-0.15, -0.1) is 0 Å². The average molecular weight is 376 g/mol. The summed E-state index contributed by atoms with van der Waals surface area (Å²) < 4.78 is 0. The van der Waals surface area contributed by atoms with Gasteiger partial charge in [-0.05, 0) is 24.0 Å². The van der Waals surface area contributed by atoms with E-state index in [1.165, 1.54) is 0 Å². The molecule has 0 saturated carbocycles. The molecule has 3 N–H and O–H groups in total. The van der Waals surface area contributed by atoms with Crippen LogP contribution in [-0.2, 0) is 18.4 Å².